The van der Waals surface area contributed by atoms with Gasteiger partial charge in [0.2, 0.25) is 0 Å². The van der Waals surface area contributed by atoms with Gasteiger partial charge in [-0.3, -0.25) is 9.48 Å². The average Bonchev–Trinajstić information content (AvgIpc) is 3.30. The molecular formula is C20H20BrN3O3. The van der Waals surface area contributed by atoms with E-state index in [1.807, 2.05) is 36.2 Å². The van der Waals surface area contributed by atoms with Gasteiger partial charge in [0.1, 0.15) is 11.5 Å². The maximum atomic E-state index is 12.9. The van der Waals surface area contributed by atoms with Gasteiger partial charge in [-0.15, -0.1) is 0 Å². The lowest BCUT2D eigenvalue weighted by atomic mass is 9.99. The van der Waals surface area contributed by atoms with Crippen molar-refractivity contribution in [3.05, 3.63) is 69.8 Å². The lowest BCUT2D eigenvalue weighted by Gasteiger charge is -2.28. The van der Waals surface area contributed by atoms with Crippen molar-refractivity contribution in [1.82, 2.24) is 14.7 Å². The van der Waals surface area contributed by atoms with Crippen LogP contribution in [0.1, 0.15) is 34.4 Å². The molecule has 3 heterocycles. The normalized spacial score (nSPS) is 13.5. The number of amides is 1. The van der Waals surface area contributed by atoms with Crippen molar-refractivity contribution in [2.75, 3.05) is 13.2 Å². The molecule has 1 aliphatic rings. The first kappa shape index (κ1) is 17.9. The number of benzene rings is 1. The minimum Gasteiger partial charge on any atom is -0.494 e. The second kappa shape index (κ2) is 7.60. The highest BCUT2D eigenvalue weighted by Gasteiger charge is 2.24. The van der Waals surface area contributed by atoms with Crippen LogP contribution in [0.25, 0.3) is 0 Å². The number of carbonyl (C=O) groups excluding carboxylic acids is 1. The van der Waals surface area contributed by atoms with E-state index in [-0.39, 0.29) is 5.91 Å². The number of fused-ring (bicyclic) bond motifs is 1. The Labute approximate surface area is 165 Å². The first-order chi connectivity index (χ1) is 13.1. The second-order valence-corrected chi connectivity index (χ2v) is 7.38. The molecule has 1 aromatic carbocycles. The Bertz CT molecular complexity index is 963. The first-order valence-corrected chi connectivity index (χ1v) is 9.72. The van der Waals surface area contributed by atoms with E-state index >= 15 is 0 Å². The molecule has 3 aromatic rings. The van der Waals surface area contributed by atoms with Gasteiger partial charge in [0.05, 0.1) is 23.8 Å². The van der Waals surface area contributed by atoms with Crippen molar-refractivity contribution in [3.63, 3.8) is 0 Å². The largest absolute Gasteiger partial charge is 0.494 e. The maximum absolute atomic E-state index is 12.9. The molecular weight excluding hydrogens is 410 g/mol. The van der Waals surface area contributed by atoms with Crippen LogP contribution >= 0.6 is 15.9 Å². The molecule has 0 spiro atoms. The number of carbonyl (C=O) groups is 1. The summed E-state index contributed by atoms with van der Waals surface area (Å²) in [5.74, 6) is 1.82. The Morgan fingerprint density at radius 1 is 1.30 bits per heavy atom. The fourth-order valence-corrected chi connectivity index (χ4v) is 3.61. The smallest absolute Gasteiger partial charge is 0.289 e. The Hall–Kier alpha value is -2.54. The summed E-state index contributed by atoms with van der Waals surface area (Å²) in [4.78, 5) is 14.7. The summed E-state index contributed by atoms with van der Waals surface area (Å²) >= 11 is 3.37. The van der Waals surface area contributed by atoms with Gasteiger partial charge in [-0.25, -0.2) is 0 Å². The van der Waals surface area contributed by atoms with Gasteiger partial charge in [0.15, 0.2) is 5.76 Å². The van der Waals surface area contributed by atoms with Crippen LogP contribution in [0.15, 0.2) is 51.6 Å². The van der Waals surface area contributed by atoms with Gasteiger partial charge in [-0.1, -0.05) is 6.07 Å². The molecule has 2 aromatic heterocycles. The predicted octanol–water partition coefficient (Wildman–Crippen LogP) is 3.88. The zero-order chi connectivity index (χ0) is 18.8. The summed E-state index contributed by atoms with van der Waals surface area (Å²) in [7, 11) is 0. The summed E-state index contributed by atoms with van der Waals surface area (Å²) in [5.41, 5.74) is 2.40. The maximum Gasteiger partial charge on any atom is 0.289 e. The summed E-state index contributed by atoms with van der Waals surface area (Å²) in [5, 5.41) is 4.21. The van der Waals surface area contributed by atoms with Crippen LogP contribution in [-0.4, -0.2) is 33.7 Å². The average molecular weight is 430 g/mol. The van der Waals surface area contributed by atoms with E-state index in [9.17, 15) is 4.79 Å². The fraction of sp³-hybridized carbons (Fsp3) is 0.300. The molecule has 0 saturated heterocycles. The van der Waals surface area contributed by atoms with Crippen molar-refractivity contribution >= 4 is 21.8 Å². The molecule has 0 saturated carbocycles. The second-order valence-electron chi connectivity index (χ2n) is 6.46. The zero-order valence-electron chi connectivity index (χ0n) is 15.0. The van der Waals surface area contributed by atoms with Crippen LogP contribution in [0.4, 0.5) is 0 Å². The summed E-state index contributed by atoms with van der Waals surface area (Å²) < 4.78 is 14.0. The third-order valence-corrected chi connectivity index (χ3v) is 4.99. The Balaban J connectivity index is 1.46. The number of ether oxygens (including phenoxy) is 1. The minimum atomic E-state index is -0.0876. The quantitative estimate of drug-likeness (QED) is 0.617. The molecule has 0 fully saturated rings. The molecule has 0 atom stereocenters. The van der Waals surface area contributed by atoms with Crippen molar-refractivity contribution in [2.45, 2.75) is 26.4 Å². The van der Waals surface area contributed by atoms with E-state index in [1.165, 1.54) is 5.56 Å². The molecule has 0 bridgehead atoms. The third-order valence-electron chi connectivity index (χ3n) is 4.58. The number of halogens is 1. The van der Waals surface area contributed by atoms with E-state index in [4.69, 9.17) is 9.15 Å². The number of furan rings is 1. The summed E-state index contributed by atoms with van der Waals surface area (Å²) in [6, 6.07) is 9.68. The van der Waals surface area contributed by atoms with E-state index in [2.05, 4.69) is 27.1 Å². The van der Waals surface area contributed by atoms with Gasteiger partial charge < -0.3 is 14.1 Å². The number of aromatic nitrogens is 2. The van der Waals surface area contributed by atoms with E-state index in [1.54, 1.807) is 16.9 Å². The number of rotatable bonds is 5. The van der Waals surface area contributed by atoms with Crippen LogP contribution in [0.3, 0.4) is 0 Å². The number of nitrogens with zero attached hydrogens (tertiary/aromatic N) is 3. The van der Waals surface area contributed by atoms with Crippen LogP contribution in [0, 0.1) is 0 Å². The first-order valence-electron chi connectivity index (χ1n) is 8.93. The van der Waals surface area contributed by atoms with Gasteiger partial charge in [0.25, 0.3) is 5.91 Å². The highest BCUT2D eigenvalue weighted by Crippen LogP contribution is 2.25. The zero-order valence-corrected chi connectivity index (χ0v) is 16.6. The van der Waals surface area contributed by atoms with Gasteiger partial charge >= 0.3 is 0 Å². The Kier molecular flexibility index (Phi) is 5.03. The standard InChI is InChI=1S/C20H20BrN3O3/c1-2-26-17-4-3-14-7-8-23(11-15(14)9-17)20(25)19-6-5-18(27-19)13-24-12-16(21)10-22-24/h3-6,9-10,12H,2,7-8,11,13H2,1H3. The molecule has 0 aliphatic carbocycles. The monoisotopic (exact) mass is 429 g/mol. The molecule has 4 rings (SSSR count). The van der Waals surface area contributed by atoms with Crippen molar-refractivity contribution in [2.24, 2.45) is 0 Å². The fourth-order valence-electron chi connectivity index (χ4n) is 3.28. The molecule has 1 aliphatic heterocycles. The van der Waals surface area contributed by atoms with Crippen LogP contribution in [-0.2, 0) is 19.5 Å². The Morgan fingerprint density at radius 3 is 2.96 bits per heavy atom. The molecule has 0 unspecified atom stereocenters. The number of hydrogen-bond acceptors (Lipinski definition) is 4. The lowest BCUT2D eigenvalue weighted by molar-refractivity contribution is 0.0700. The van der Waals surface area contributed by atoms with E-state index in [0.717, 1.165) is 22.2 Å². The highest BCUT2D eigenvalue weighted by atomic mass is 79.9. The number of hydrogen-bond donors (Lipinski definition) is 0. The SMILES string of the molecule is CCOc1ccc2c(c1)CN(C(=O)c1ccc(Cn3cc(Br)cn3)o1)CC2. The van der Waals surface area contributed by atoms with Crippen molar-refractivity contribution in [1.29, 1.82) is 0 Å². The molecule has 7 heteroatoms. The molecule has 0 radical (unpaired) electrons. The van der Waals surface area contributed by atoms with E-state index in [0.29, 0.717) is 37.8 Å². The topological polar surface area (TPSA) is 60.5 Å². The van der Waals surface area contributed by atoms with Crippen molar-refractivity contribution < 1.29 is 13.9 Å². The molecule has 27 heavy (non-hydrogen) atoms. The van der Waals surface area contributed by atoms with Crippen LogP contribution in [0.2, 0.25) is 0 Å². The van der Waals surface area contributed by atoms with Gasteiger partial charge in [0, 0.05) is 19.3 Å². The van der Waals surface area contributed by atoms with Crippen LogP contribution in [0.5, 0.6) is 5.75 Å². The van der Waals surface area contributed by atoms with Gasteiger partial charge in [-0.05, 0) is 64.7 Å². The molecule has 140 valence electrons. The summed E-state index contributed by atoms with van der Waals surface area (Å²) in [6.07, 6.45) is 4.42. The van der Waals surface area contributed by atoms with Crippen molar-refractivity contribution in [3.8, 4) is 5.75 Å². The predicted molar refractivity (Wildman–Crippen MR) is 104 cm³/mol. The molecule has 6 nitrogen and oxygen atoms in total. The minimum absolute atomic E-state index is 0.0876. The molecule has 0 N–H and O–H groups in total. The highest BCUT2D eigenvalue weighted by molar-refractivity contribution is 9.10. The Morgan fingerprint density at radius 2 is 2.19 bits per heavy atom. The lowest BCUT2D eigenvalue weighted by Crippen LogP contribution is -2.35. The van der Waals surface area contributed by atoms with Gasteiger partial charge in [-0.2, -0.15) is 5.10 Å². The third kappa shape index (κ3) is 3.93. The van der Waals surface area contributed by atoms with E-state index < -0.39 is 0 Å². The summed E-state index contributed by atoms with van der Waals surface area (Å²) in [6.45, 7) is 4.33. The molecule has 1 amide bonds. The van der Waals surface area contributed by atoms with Crippen LogP contribution < -0.4 is 4.74 Å².